The second-order valence-electron chi connectivity index (χ2n) is 4.56. The van der Waals surface area contributed by atoms with Gasteiger partial charge < -0.3 is 0 Å². The van der Waals surface area contributed by atoms with Crippen molar-refractivity contribution < 1.29 is 4.79 Å². The molecule has 0 fully saturated rings. The Morgan fingerprint density at radius 1 is 1.19 bits per heavy atom. The first kappa shape index (κ1) is 12.3. The Morgan fingerprint density at radius 2 is 2.14 bits per heavy atom. The topological polar surface area (TPSA) is 82.5 Å². The summed E-state index contributed by atoms with van der Waals surface area (Å²) >= 11 is -0.113. The minimum absolute atomic E-state index is 0.113. The van der Waals surface area contributed by atoms with Crippen LogP contribution in [-0.2, 0) is 0 Å². The molecule has 0 bridgehead atoms. The first-order valence-corrected chi connectivity index (χ1v) is 7.80. The zero-order valence-corrected chi connectivity index (χ0v) is 12.4. The van der Waals surface area contributed by atoms with E-state index in [0.717, 1.165) is 22.3 Å². The van der Waals surface area contributed by atoms with Crippen molar-refractivity contribution in [2.75, 3.05) is 5.32 Å². The quantitative estimate of drug-likeness (QED) is 0.549. The molecule has 0 saturated carbocycles. The first-order valence-electron chi connectivity index (χ1n) is 6.27. The molecule has 0 spiro atoms. The van der Waals surface area contributed by atoms with Crippen molar-refractivity contribution in [2.24, 2.45) is 7.92 Å². The fourth-order valence-corrected chi connectivity index (χ4v) is 3.33. The molecule has 1 aliphatic rings. The van der Waals surface area contributed by atoms with Crippen molar-refractivity contribution in [1.82, 2.24) is 10.2 Å². The summed E-state index contributed by atoms with van der Waals surface area (Å²) in [6, 6.07) is 11.0. The van der Waals surface area contributed by atoms with Gasteiger partial charge in [0.1, 0.15) is 0 Å². The van der Waals surface area contributed by atoms with Crippen LogP contribution in [0, 0.1) is 0 Å². The Balaban J connectivity index is 1.67. The van der Waals surface area contributed by atoms with Gasteiger partial charge in [0.15, 0.2) is 0 Å². The van der Waals surface area contributed by atoms with Gasteiger partial charge in [-0.2, -0.15) is 0 Å². The molecule has 7 heteroatoms. The fourth-order valence-electron chi connectivity index (χ4n) is 2.18. The third kappa shape index (κ3) is 2.12. The van der Waals surface area contributed by atoms with Crippen LogP contribution >= 0.6 is 0 Å². The number of benzene rings is 2. The Kier molecular flexibility index (Phi) is 2.80. The average molecular weight is 342 g/mol. The Bertz CT molecular complexity index is 939. The molecule has 0 unspecified atom stereocenters. The zero-order valence-electron chi connectivity index (χ0n) is 10.7. The molecule has 21 heavy (non-hydrogen) atoms. The Morgan fingerprint density at radius 3 is 3.10 bits per heavy atom. The number of anilines is 1. The summed E-state index contributed by atoms with van der Waals surface area (Å²) in [4.78, 5) is 12.4. The zero-order chi connectivity index (χ0) is 14.2. The summed E-state index contributed by atoms with van der Waals surface area (Å²) in [7, 11) is 0. The number of rotatable bonds is 2. The van der Waals surface area contributed by atoms with E-state index < -0.39 is 0 Å². The molecular formula is C14H9N5OSe. The molecule has 0 aliphatic carbocycles. The van der Waals surface area contributed by atoms with Crippen LogP contribution in [0.4, 0.5) is 17.1 Å². The van der Waals surface area contributed by atoms with Gasteiger partial charge in [-0.25, -0.2) is 0 Å². The predicted octanol–water partition coefficient (Wildman–Crippen LogP) is 3.16. The Hall–Kier alpha value is -2.50. The summed E-state index contributed by atoms with van der Waals surface area (Å²) in [6.07, 6.45) is 1.73. The third-order valence-electron chi connectivity index (χ3n) is 3.24. The van der Waals surface area contributed by atoms with Crippen LogP contribution in [0.25, 0.3) is 10.9 Å². The van der Waals surface area contributed by atoms with E-state index in [0.29, 0.717) is 11.3 Å². The van der Waals surface area contributed by atoms with Crippen LogP contribution in [0.1, 0.15) is 10.4 Å². The van der Waals surface area contributed by atoms with Crippen LogP contribution in [0.3, 0.4) is 0 Å². The molecule has 1 amide bonds. The van der Waals surface area contributed by atoms with Gasteiger partial charge in [0.2, 0.25) is 0 Å². The SMILES string of the molecule is O=C(Nc1cccc2c1N=[Se]=N2)c1ccc2cn[nH]c2c1. The molecule has 2 aromatic carbocycles. The van der Waals surface area contributed by atoms with E-state index in [-0.39, 0.29) is 20.5 Å². The molecule has 1 aliphatic heterocycles. The fraction of sp³-hybridized carbons (Fsp3) is 0. The molecule has 2 heterocycles. The van der Waals surface area contributed by atoms with Crippen LogP contribution in [0.15, 0.2) is 50.5 Å². The Labute approximate surface area is 125 Å². The van der Waals surface area contributed by atoms with Crippen molar-refractivity contribution in [3.05, 3.63) is 48.2 Å². The van der Waals surface area contributed by atoms with Crippen LogP contribution in [0.2, 0.25) is 0 Å². The van der Waals surface area contributed by atoms with E-state index in [1.54, 1.807) is 18.3 Å². The number of hydrogen-bond acceptors (Lipinski definition) is 4. The molecule has 4 rings (SSSR count). The van der Waals surface area contributed by atoms with E-state index in [4.69, 9.17) is 0 Å². The number of nitrogens with zero attached hydrogens (tertiary/aromatic N) is 3. The van der Waals surface area contributed by atoms with Crippen LogP contribution < -0.4 is 5.32 Å². The standard InChI is InChI=1S/C14H9N5OSe/c20-14(8-4-5-9-7-15-17-12(9)6-8)16-10-2-1-3-11-13(10)19-21-18-11/h1-7H,(H,15,17)(H,16,20). The van der Waals surface area contributed by atoms with Crippen molar-refractivity contribution in [3.8, 4) is 0 Å². The molecule has 1 aromatic heterocycles. The maximum atomic E-state index is 12.4. The van der Waals surface area contributed by atoms with Crippen LogP contribution in [-0.4, -0.2) is 30.7 Å². The van der Waals surface area contributed by atoms with E-state index in [9.17, 15) is 4.79 Å². The van der Waals surface area contributed by atoms with Gasteiger partial charge in [0, 0.05) is 0 Å². The second-order valence-corrected chi connectivity index (χ2v) is 5.67. The summed E-state index contributed by atoms with van der Waals surface area (Å²) in [6.45, 7) is 0. The van der Waals surface area contributed by atoms with Gasteiger partial charge in [0.25, 0.3) is 0 Å². The van der Waals surface area contributed by atoms with Crippen LogP contribution in [0.5, 0.6) is 0 Å². The van der Waals surface area contributed by atoms with Crippen molar-refractivity contribution in [3.63, 3.8) is 0 Å². The molecule has 102 valence electrons. The predicted molar refractivity (Wildman–Crippen MR) is 80.4 cm³/mol. The number of aromatic nitrogens is 2. The van der Waals surface area contributed by atoms with Gasteiger partial charge in [-0.15, -0.1) is 0 Å². The van der Waals surface area contributed by atoms with Crippen molar-refractivity contribution in [1.29, 1.82) is 0 Å². The summed E-state index contributed by atoms with van der Waals surface area (Å²) in [5, 5.41) is 10.7. The average Bonchev–Trinajstić information content (AvgIpc) is 3.15. The number of carbonyl (C=O) groups excluding carboxylic acids is 1. The number of carbonyl (C=O) groups is 1. The van der Waals surface area contributed by atoms with Gasteiger partial charge >= 0.3 is 125 Å². The summed E-state index contributed by atoms with van der Waals surface area (Å²) < 4.78 is 8.66. The van der Waals surface area contributed by atoms with E-state index in [1.807, 2.05) is 24.3 Å². The van der Waals surface area contributed by atoms with Gasteiger partial charge in [-0.05, 0) is 0 Å². The number of H-pyrrole nitrogens is 1. The van der Waals surface area contributed by atoms with Gasteiger partial charge in [-0.3, -0.25) is 0 Å². The molecule has 0 atom stereocenters. The number of fused-ring (bicyclic) bond motifs is 2. The van der Waals surface area contributed by atoms with Gasteiger partial charge in [0.05, 0.1) is 0 Å². The van der Waals surface area contributed by atoms with Crippen molar-refractivity contribution in [2.45, 2.75) is 0 Å². The molecule has 2 N–H and O–H groups in total. The number of amides is 1. The van der Waals surface area contributed by atoms with Gasteiger partial charge in [-0.1, -0.05) is 0 Å². The second kappa shape index (κ2) is 4.80. The molecule has 0 radical (unpaired) electrons. The van der Waals surface area contributed by atoms with E-state index in [1.165, 1.54) is 0 Å². The monoisotopic (exact) mass is 343 g/mol. The molecule has 6 nitrogen and oxygen atoms in total. The first-order chi connectivity index (χ1) is 10.3. The maximum absolute atomic E-state index is 12.4. The normalized spacial score (nSPS) is 12.2. The van der Waals surface area contributed by atoms with Crippen molar-refractivity contribution >= 4 is 48.4 Å². The third-order valence-corrected chi connectivity index (χ3v) is 4.38. The molecular weight excluding hydrogens is 333 g/mol. The molecule has 3 aromatic rings. The summed E-state index contributed by atoms with van der Waals surface area (Å²) in [5.74, 6) is -0.172. The molecule has 0 saturated heterocycles. The number of aromatic amines is 1. The number of hydrogen-bond donors (Lipinski definition) is 2. The summed E-state index contributed by atoms with van der Waals surface area (Å²) in [5.41, 5.74) is 3.73. The van der Waals surface area contributed by atoms with E-state index in [2.05, 4.69) is 23.4 Å². The number of nitrogens with one attached hydrogen (secondary N) is 2. The van der Waals surface area contributed by atoms with E-state index >= 15 is 0 Å². The minimum atomic E-state index is -0.172.